The number of alkyl halides is 3. The fourth-order valence-corrected chi connectivity index (χ4v) is 5.86. The fourth-order valence-electron chi connectivity index (χ4n) is 5.86. The van der Waals surface area contributed by atoms with Crippen LogP contribution in [0.4, 0.5) is 13.2 Å². The van der Waals surface area contributed by atoms with Crippen LogP contribution in [-0.2, 0) is 33.4 Å². The fraction of sp³-hybridized carbons (Fsp3) is 0.750. The van der Waals surface area contributed by atoms with Crippen LogP contribution in [-0.4, -0.2) is 60.8 Å². The third-order valence-electron chi connectivity index (χ3n) is 7.95. The van der Waals surface area contributed by atoms with Gasteiger partial charge in [-0.25, -0.2) is 0 Å². The molecule has 2 fully saturated rings. The molecule has 2 aliphatic heterocycles. The van der Waals surface area contributed by atoms with Crippen molar-refractivity contribution < 1.29 is 32.8 Å². The number of amides is 1. The lowest BCUT2D eigenvalue weighted by atomic mass is 9.74. The third-order valence-corrected chi connectivity index (χ3v) is 7.95. The van der Waals surface area contributed by atoms with Crippen molar-refractivity contribution in [2.24, 2.45) is 11.3 Å². The van der Waals surface area contributed by atoms with Crippen molar-refractivity contribution in [1.82, 2.24) is 9.88 Å². The van der Waals surface area contributed by atoms with E-state index in [0.717, 1.165) is 44.6 Å². The van der Waals surface area contributed by atoms with E-state index in [9.17, 15) is 18.0 Å². The summed E-state index contributed by atoms with van der Waals surface area (Å²) < 4.78 is 50.7. The molecular formula is C24H35F3N3O3+. The van der Waals surface area contributed by atoms with Gasteiger partial charge in [-0.3, -0.25) is 9.78 Å². The predicted molar refractivity (Wildman–Crippen MR) is 115 cm³/mol. The predicted octanol–water partition coefficient (Wildman–Crippen LogP) is 2.55. The van der Waals surface area contributed by atoms with Crippen LogP contribution in [0.2, 0.25) is 0 Å². The second-order valence-corrected chi connectivity index (χ2v) is 10.1. The average molecular weight is 471 g/mol. The summed E-state index contributed by atoms with van der Waals surface area (Å²) in [4.78, 5) is 19.6. The zero-order valence-corrected chi connectivity index (χ0v) is 19.7. The number of pyridine rings is 1. The summed E-state index contributed by atoms with van der Waals surface area (Å²) >= 11 is 0. The largest absolute Gasteiger partial charge is 0.417 e. The number of halogens is 3. The molecule has 0 radical (unpaired) electrons. The Morgan fingerprint density at radius 3 is 2.85 bits per heavy atom. The molecule has 0 bridgehead atoms. The van der Waals surface area contributed by atoms with Gasteiger partial charge in [-0.2, -0.15) is 13.2 Å². The highest BCUT2D eigenvalue weighted by molar-refractivity contribution is 5.83. The maximum absolute atomic E-state index is 13.8. The van der Waals surface area contributed by atoms with E-state index in [-0.39, 0.29) is 24.5 Å². The van der Waals surface area contributed by atoms with E-state index in [1.165, 1.54) is 0 Å². The quantitative estimate of drug-likeness (QED) is 0.718. The molecule has 6 nitrogen and oxygen atoms in total. The second-order valence-electron chi connectivity index (χ2n) is 10.1. The number of ether oxygens (including phenoxy) is 2. The Hall–Kier alpha value is -1.71. The first-order valence-corrected chi connectivity index (χ1v) is 11.9. The van der Waals surface area contributed by atoms with Crippen molar-refractivity contribution in [3.05, 3.63) is 29.1 Å². The number of nitrogens with two attached hydrogens (primary N) is 1. The van der Waals surface area contributed by atoms with E-state index in [2.05, 4.69) is 24.1 Å². The molecule has 1 saturated carbocycles. The molecule has 1 amide bonds. The number of methoxy groups -OCH3 is 1. The standard InChI is InChI=1S/C24H34F3N3O3/c1-15(2)23(7-4-18(11-23)29-20-6-9-33-14-21(20)32-3)22(31)30-8-5-19-16(13-30)10-17(12-28-19)24(25,26)27/h10,12,15,18,20-21,29H,4-9,11,13-14H2,1-3H3/p+1/t18-,20+,21-,23+/m1/s1. The minimum absolute atomic E-state index is 0.0532. The molecule has 1 saturated heterocycles. The smallest absolute Gasteiger partial charge is 0.378 e. The number of carbonyl (C=O) groups is 1. The Morgan fingerprint density at radius 2 is 2.15 bits per heavy atom. The van der Waals surface area contributed by atoms with Crippen molar-refractivity contribution in [2.75, 3.05) is 26.9 Å². The van der Waals surface area contributed by atoms with Gasteiger partial charge in [0.1, 0.15) is 12.1 Å². The molecule has 4 rings (SSSR count). The van der Waals surface area contributed by atoms with Crippen LogP contribution >= 0.6 is 0 Å². The summed E-state index contributed by atoms with van der Waals surface area (Å²) in [6.07, 6.45) is 0.450. The first kappa shape index (κ1) is 24.4. The van der Waals surface area contributed by atoms with E-state index in [1.807, 2.05) is 0 Å². The number of carbonyl (C=O) groups excluding carboxylic acids is 1. The van der Waals surface area contributed by atoms with Crippen molar-refractivity contribution in [3.8, 4) is 0 Å². The molecule has 0 unspecified atom stereocenters. The first-order valence-electron chi connectivity index (χ1n) is 11.9. The Balaban J connectivity index is 1.48. The molecule has 3 heterocycles. The first-order chi connectivity index (χ1) is 15.6. The molecule has 1 aromatic rings. The van der Waals surface area contributed by atoms with Crippen LogP contribution in [0.3, 0.4) is 0 Å². The number of quaternary nitrogens is 1. The number of hydrogen-bond donors (Lipinski definition) is 1. The lowest BCUT2D eigenvalue weighted by molar-refractivity contribution is -0.730. The van der Waals surface area contributed by atoms with Crippen molar-refractivity contribution >= 4 is 5.91 Å². The zero-order valence-electron chi connectivity index (χ0n) is 19.7. The van der Waals surface area contributed by atoms with Gasteiger partial charge in [-0.05, 0) is 24.0 Å². The van der Waals surface area contributed by atoms with Gasteiger partial charge in [0.2, 0.25) is 5.91 Å². The molecule has 1 aliphatic carbocycles. The van der Waals surface area contributed by atoms with Crippen molar-refractivity contribution in [1.29, 1.82) is 0 Å². The maximum atomic E-state index is 13.8. The van der Waals surface area contributed by atoms with E-state index >= 15 is 0 Å². The molecular weight excluding hydrogens is 435 g/mol. The molecule has 184 valence electrons. The summed E-state index contributed by atoms with van der Waals surface area (Å²) in [5, 5.41) is 2.37. The Labute approximate surface area is 193 Å². The monoisotopic (exact) mass is 470 g/mol. The summed E-state index contributed by atoms with van der Waals surface area (Å²) in [7, 11) is 1.71. The van der Waals surface area contributed by atoms with E-state index in [1.54, 1.807) is 12.0 Å². The van der Waals surface area contributed by atoms with Crippen LogP contribution in [0.5, 0.6) is 0 Å². The van der Waals surface area contributed by atoms with Gasteiger partial charge in [-0.1, -0.05) is 13.8 Å². The SMILES string of the molecule is CO[C@@H]1COCC[C@@H]1[NH2+][C@@H]1CC[C@@](C(=O)N2CCc3ncc(C(F)(F)F)cc3C2)(C(C)C)C1. The number of hydrogen-bond acceptors (Lipinski definition) is 4. The van der Waals surface area contributed by atoms with Gasteiger partial charge in [0.15, 0.2) is 0 Å². The molecule has 0 spiro atoms. The highest BCUT2D eigenvalue weighted by Crippen LogP contribution is 2.46. The Morgan fingerprint density at radius 1 is 1.36 bits per heavy atom. The van der Waals surface area contributed by atoms with E-state index in [4.69, 9.17) is 9.47 Å². The van der Waals surface area contributed by atoms with Crippen LogP contribution in [0.1, 0.15) is 56.4 Å². The van der Waals surface area contributed by atoms with Crippen LogP contribution in [0.15, 0.2) is 12.3 Å². The molecule has 3 aliphatic rings. The normalized spacial score (nSPS) is 30.5. The minimum Gasteiger partial charge on any atom is -0.378 e. The molecule has 1 aromatic heterocycles. The highest BCUT2D eigenvalue weighted by atomic mass is 19.4. The van der Waals surface area contributed by atoms with Gasteiger partial charge < -0.3 is 19.7 Å². The molecule has 4 atom stereocenters. The number of rotatable bonds is 5. The number of fused-ring (bicyclic) bond motifs is 1. The number of aromatic nitrogens is 1. The highest BCUT2D eigenvalue weighted by Gasteiger charge is 2.51. The van der Waals surface area contributed by atoms with Gasteiger partial charge in [0.25, 0.3) is 0 Å². The van der Waals surface area contributed by atoms with Crippen molar-refractivity contribution in [3.63, 3.8) is 0 Å². The molecule has 2 N–H and O–H groups in total. The average Bonchev–Trinajstić information content (AvgIpc) is 3.23. The lowest BCUT2D eigenvalue weighted by Crippen LogP contribution is -2.97. The summed E-state index contributed by atoms with van der Waals surface area (Å²) in [5.41, 5.74) is -0.0710. The Bertz CT molecular complexity index is 863. The Kier molecular flexibility index (Phi) is 7.03. The topological polar surface area (TPSA) is 68.3 Å². The van der Waals surface area contributed by atoms with Crippen molar-refractivity contribution in [2.45, 2.75) is 76.9 Å². The summed E-state index contributed by atoms with van der Waals surface area (Å²) in [5.74, 6) is 0.226. The third kappa shape index (κ3) is 4.91. The van der Waals surface area contributed by atoms with E-state index in [0.29, 0.717) is 42.9 Å². The minimum atomic E-state index is -4.44. The lowest BCUT2D eigenvalue weighted by Gasteiger charge is -2.39. The summed E-state index contributed by atoms with van der Waals surface area (Å²) in [6, 6.07) is 1.80. The maximum Gasteiger partial charge on any atom is 0.417 e. The van der Waals surface area contributed by atoms with Crippen LogP contribution in [0.25, 0.3) is 0 Å². The van der Waals surface area contributed by atoms with Gasteiger partial charge in [0.05, 0.1) is 30.2 Å². The van der Waals surface area contributed by atoms with E-state index < -0.39 is 17.2 Å². The van der Waals surface area contributed by atoms with Gasteiger partial charge in [-0.15, -0.1) is 0 Å². The summed E-state index contributed by atoms with van der Waals surface area (Å²) in [6.45, 7) is 6.20. The van der Waals surface area contributed by atoms with Gasteiger partial charge in [0, 0.05) is 57.8 Å². The molecule has 33 heavy (non-hydrogen) atoms. The zero-order chi connectivity index (χ0) is 23.8. The van der Waals surface area contributed by atoms with Gasteiger partial charge >= 0.3 is 6.18 Å². The molecule has 9 heteroatoms. The number of nitrogens with zero attached hydrogens (tertiary/aromatic N) is 2. The second kappa shape index (κ2) is 9.50. The van der Waals surface area contributed by atoms with Crippen LogP contribution < -0.4 is 5.32 Å². The van der Waals surface area contributed by atoms with Crippen LogP contribution in [0, 0.1) is 11.3 Å². The molecule has 0 aromatic carbocycles.